The Kier molecular flexibility index (Phi) is 7.00. The molecule has 1 fully saturated rings. The van der Waals surface area contributed by atoms with E-state index in [9.17, 15) is 14.4 Å². The first-order chi connectivity index (χ1) is 16.4. The van der Waals surface area contributed by atoms with Gasteiger partial charge in [0.25, 0.3) is 11.8 Å². The van der Waals surface area contributed by atoms with Crippen LogP contribution in [0.4, 0.5) is 10.5 Å². The lowest BCUT2D eigenvalue weighted by Crippen LogP contribution is -2.54. The second-order valence-electron chi connectivity index (χ2n) is 7.23. The predicted octanol–water partition coefficient (Wildman–Crippen LogP) is 5.36. The molecule has 1 N–H and O–H groups in total. The summed E-state index contributed by atoms with van der Waals surface area (Å²) >= 11 is 9.56. The Bertz CT molecular complexity index is 1310. The minimum absolute atomic E-state index is 0.180. The van der Waals surface area contributed by atoms with Crippen LogP contribution in [0.3, 0.4) is 0 Å². The number of nitrogens with one attached hydrogen (secondary N) is 1. The van der Waals surface area contributed by atoms with E-state index >= 15 is 0 Å². The molecule has 9 heteroatoms. The first kappa shape index (κ1) is 23.5. The van der Waals surface area contributed by atoms with Crippen molar-refractivity contribution in [3.63, 3.8) is 0 Å². The Morgan fingerprint density at radius 2 is 1.74 bits per heavy atom. The summed E-state index contributed by atoms with van der Waals surface area (Å²) < 4.78 is 12.3. The van der Waals surface area contributed by atoms with Crippen molar-refractivity contribution in [2.24, 2.45) is 0 Å². The van der Waals surface area contributed by atoms with Gasteiger partial charge in [0, 0.05) is 4.47 Å². The predicted molar refractivity (Wildman–Crippen MR) is 132 cm³/mol. The van der Waals surface area contributed by atoms with Gasteiger partial charge >= 0.3 is 6.03 Å². The average molecular weight is 542 g/mol. The van der Waals surface area contributed by atoms with E-state index in [0.717, 1.165) is 14.9 Å². The Labute approximate surface area is 209 Å². The van der Waals surface area contributed by atoms with E-state index in [2.05, 4.69) is 21.2 Å². The fourth-order valence-corrected chi connectivity index (χ4v) is 3.80. The summed E-state index contributed by atoms with van der Waals surface area (Å²) in [7, 11) is 1.50. The van der Waals surface area contributed by atoms with Crippen molar-refractivity contribution in [1.29, 1.82) is 0 Å². The van der Waals surface area contributed by atoms with Gasteiger partial charge in [0.15, 0.2) is 11.5 Å². The van der Waals surface area contributed by atoms with Gasteiger partial charge in [-0.25, -0.2) is 9.69 Å². The number of carbonyl (C=O) groups excluding carboxylic acids is 3. The lowest BCUT2D eigenvalue weighted by atomic mass is 10.1. The number of methoxy groups -OCH3 is 1. The number of benzene rings is 3. The van der Waals surface area contributed by atoms with E-state index in [1.807, 2.05) is 24.3 Å². The normalized spacial score (nSPS) is 14.9. The van der Waals surface area contributed by atoms with Gasteiger partial charge in [0.05, 0.1) is 17.8 Å². The van der Waals surface area contributed by atoms with Gasteiger partial charge < -0.3 is 9.47 Å². The maximum absolute atomic E-state index is 13.1. The molecule has 3 aromatic rings. The highest BCUT2D eigenvalue weighted by molar-refractivity contribution is 9.10. The maximum Gasteiger partial charge on any atom is 0.335 e. The van der Waals surface area contributed by atoms with Crippen molar-refractivity contribution >= 4 is 57.1 Å². The standard InChI is InChI=1S/C25H18BrClN2O5/c1-33-22-13-16(8-11-21(22)34-14-15-6-9-17(26)10-7-15)12-18-23(30)28-25(32)29(24(18)31)20-5-3-2-4-19(20)27/h2-13H,14H2,1H3,(H,28,30,32)/b18-12+. The van der Waals surface area contributed by atoms with E-state index in [1.54, 1.807) is 36.4 Å². The number of urea groups is 1. The molecular weight excluding hydrogens is 524 g/mol. The molecule has 0 saturated carbocycles. The molecule has 0 spiro atoms. The highest BCUT2D eigenvalue weighted by atomic mass is 79.9. The molecule has 0 unspecified atom stereocenters. The van der Waals surface area contributed by atoms with E-state index in [4.69, 9.17) is 21.1 Å². The summed E-state index contributed by atoms with van der Waals surface area (Å²) in [5.41, 5.74) is 1.45. The number of imide groups is 2. The van der Waals surface area contributed by atoms with Gasteiger partial charge in [-0.3, -0.25) is 14.9 Å². The molecule has 7 nitrogen and oxygen atoms in total. The second-order valence-corrected chi connectivity index (χ2v) is 8.56. The van der Waals surface area contributed by atoms with Crippen LogP contribution in [0.2, 0.25) is 5.02 Å². The van der Waals surface area contributed by atoms with Crippen LogP contribution in [-0.2, 0) is 16.2 Å². The maximum atomic E-state index is 13.1. The van der Waals surface area contributed by atoms with Crippen LogP contribution in [0.15, 0.2) is 76.8 Å². The van der Waals surface area contributed by atoms with Gasteiger partial charge in [0.1, 0.15) is 12.2 Å². The molecule has 0 aromatic heterocycles. The van der Waals surface area contributed by atoms with Crippen LogP contribution >= 0.6 is 27.5 Å². The highest BCUT2D eigenvalue weighted by Crippen LogP contribution is 2.32. The monoisotopic (exact) mass is 540 g/mol. The number of para-hydroxylation sites is 1. The first-order valence-corrected chi connectivity index (χ1v) is 11.3. The van der Waals surface area contributed by atoms with Crippen LogP contribution in [0.5, 0.6) is 11.5 Å². The Hall–Kier alpha value is -3.62. The summed E-state index contributed by atoms with van der Waals surface area (Å²) in [6.45, 7) is 0.333. The SMILES string of the molecule is COc1cc(/C=C2\C(=O)NC(=O)N(c3ccccc3Cl)C2=O)ccc1OCc1ccc(Br)cc1. The number of halogens is 2. The summed E-state index contributed by atoms with van der Waals surface area (Å²) in [6.07, 6.45) is 1.38. The quantitative estimate of drug-likeness (QED) is 0.336. The summed E-state index contributed by atoms with van der Waals surface area (Å²) in [4.78, 5) is 38.7. The van der Waals surface area contributed by atoms with Crippen molar-refractivity contribution in [1.82, 2.24) is 5.32 Å². The molecule has 34 heavy (non-hydrogen) atoms. The molecule has 1 aliphatic rings. The lowest BCUT2D eigenvalue weighted by Gasteiger charge is -2.27. The van der Waals surface area contributed by atoms with E-state index in [-0.39, 0.29) is 16.3 Å². The number of rotatable bonds is 6. The number of hydrogen-bond donors (Lipinski definition) is 1. The fourth-order valence-electron chi connectivity index (χ4n) is 3.31. The van der Waals surface area contributed by atoms with Crippen molar-refractivity contribution in [3.05, 3.63) is 92.9 Å². The Morgan fingerprint density at radius 1 is 1.00 bits per heavy atom. The summed E-state index contributed by atoms with van der Waals surface area (Å²) in [5, 5.41) is 2.38. The molecule has 172 valence electrons. The smallest absolute Gasteiger partial charge is 0.335 e. The van der Waals surface area contributed by atoms with Crippen LogP contribution in [-0.4, -0.2) is 25.0 Å². The second kappa shape index (κ2) is 10.1. The Morgan fingerprint density at radius 3 is 2.44 bits per heavy atom. The zero-order valence-corrected chi connectivity index (χ0v) is 20.2. The van der Waals surface area contributed by atoms with Gasteiger partial charge in [-0.2, -0.15) is 0 Å². The topological polar surface area (TPSA) is 84.9 Å². The number of anilines is 1. The van der Waals surface area contributed by atoms with Crippen molar-refractivity contribution in [3.8, 4) is 11.5 Å². The van der Waals surface area contributed by atoms with E-state index in [1.165, 1.54) is 19.3 Å². The van der Waals surface area contributed by atoms with Crippen LogP contribution in [0.25, 0.3) is 6.08 Å². The van der Waals surface area contributed by atoms with Gasteiger partial charge in [-0.1, -0.05) is 57.9 Å². The molecule has 1 saturated heterocycles. The molecule has 3 aromatic carbocycles. The van der Waals surface area contributed by atoms with Crippen molar-refractivity contribution < 1.29 is 23.9 Å². The third kappa shape index (κ3) is 4.98. The molecule has 0 atom stereocenters. The summed E-state index contributed by atoms with van der Waals surface area (Å²) in [6, 6.07) is 18.3. The van der Waals surface area contributed by atoms with Crippen LogP contribution < -0.4 is 19.7 Å². The van der Waals surface area contributed by atoms with Crippen LogP contribution in [0.1, 0.15) is 11.1 Å². The van der Waals surface area contributed by atoms with Gasteiger partial charge in [0.2, 0.25) is 0 Å². The highest BCUT2D eigenvalue weighted by Gasteiger charge is 2.37. The number of amides is 4. The van der Waals surface area contributed by atoms with E-state index < -0.39 is 17.8 Å². The molecule has 1 heterocycles. The van der Waals surface area contributed by atoms with E-state index in [0.29, 0.717) is 23.7 Å². The number of barbiturate groups is 1. The molecule has 0 aliphatic carbocycles. The average Bonchev–Trinajstić information content (AvgIpc) is 2.83. The lowest BCUT2D eigenvalue weighted by molar-refractivity contribution is -0.122. The Balaban J connectivity index is 1.60. The zero-order chi connectivity index (χ0) is 24.2. The molecular formula is C25H18BrClN2O5. The minimum Gasteiger partial charge on any atom is -0.493 e. The molecule has 4 amide bonds. The van der Waals surface area contributed by atoms with Crippen LogP contribution in [0, 0.1) is 0 Å². The minimum atomic E-state index is -0.866. The third-order valence-electron chi connectivity index (χ3n) is 5.00. The molecule has 1 aliphatic heterocycles. The third-order valence-corrected chi connectivity index (χ3v) is 5.85. The zero-order valence-electron chi connectivity index (χ0n) is 17.9. The largest absolute Gasteiger partial charge is 0.493 e. The fraction of sp³-hybridized carbons (Fsp3) is 0.0800. The number of ether oxygens (including phenoxy) is 2. The first-order valence-electron chi connectivity index (χ1n) is 10.1. The molecule has 4 rings (SSSR count). The number of hydrogen-bond acceptors (Lipinski definition) is 5. The molecule has 0 bridgehead atoms. The number of carbonyl (C=O) groups is 3. The number of nitrogens with zero attached hydrogens (tertiary/aromatic N) is 1. The summed E-state index contributed by atoms with van der Waals surface area (Å²) in [5.74, 6) is -0.654. The van der Waals surface area contributed by atoms with Crippen molar-refractivity contribution in [2.75, 3.05) is 12.0 Å². The van der Waals surface area contributed by atoms with Gasteiger partial charge in [-0.05, 0) is 53.6 Å². The van der Waals surface area contributed by atoms with Crippen molar-refractivity contribution in [2.45, 2.75) is 6.61 Å². The van der Waals surface area contributed by atoms with Gasteiger partial charge in [-0.15, -0.1) is 0 Å². The molecule has 0 radical (unpaired) electrons.